The second-order valence-corrected chi connectivity index (χ2v) is 14.4. The molecule has 2 amide bonds. The summed E-state index contributed by atoms with van der Waals surface area (Å²) in [6.45, 7) is 11.1. The molecule has 8 heteroatoms. The Bertz CT molecular complexity index is 1720. The number of sulfonamides is 1. The van der Waals surface area contributed by atoms with Gasteiger partial charge in [0.15, 0.2) is 0 Å². The lowest BCUT2D eigenvalue weighted by Gasteiger charge is -2.35. The molecule has 0 bridgehead atoms. The normalized spacial score (nSPS) is 12.3. The van der Waals surface area contributed by atoms with E-state index >= 15 is 0 Å². The van der Waals surface area contributed by atoms with Crippen LogP contribution in [-0.2, 0) is 32.6 Å². The van der Waals surface area contributed by atoms with Crippen LogP contribution in [0.2, 0.25) is 0 Å². The van der Waals surface area contributed by atoms with E-state index in [-0.39, 0.29) is 23.8 Å². The van der Waals surface area contributed by atoms with E-state index in [0.717, 1.165) is 27.8 Å². The first-order chi connectivity index (χ1) is 21.2. The second kappa shape index (κ2) is 14.1. The first kappa shape index (κ1) is 33.5. The third-order valence-electron chi connectivity index (χ3n) is 7.47. The fourth-order valence-corrected chi connectivity index (χ4v) is 6.72. The Morgan fingerprint density at radius 3 is 1.91 bits per heavy atom. The number of amides is 2. The molecule has 0 heterocycles. The molecule has 0 saturated heterocycles. The predicted molar refractivity (Wildman–Crippen MR) is 180 cm³/mol. The number of nitrogens with one attached hydrogen (secondary N) is 1. The summed E-state index contributed by atoms with van der Waals surface area (Å²) in [6.07, 6.45) is 0.259. The third-order valence-corrected chi connectivity index (χ3v) is 9.25. The van der Waals surface area contributed by atoms with Crippen molar-refractivity contribution in [2.45, 2.75) is 71.0 Å². The molecule has 7 nitrogen and oxygen atoms in total. The summed E-state index contributed by atoms with van der Waals surface area (Å²) in [5, 5.41) is 3.06. The summed E-state index contributed by atoms with van der Waals surface area (Å²) in [7, 11) is -4.14. The largest absolute Gasteiger partial charge is 0.350 e. The van der Waals surface area contributed by atoms with Gasteiger partial charge in [0.2, 0.25) is 11.8 Å². The molecule has 0 saturated carbocycles. The molecular formula is C37H43N3O4S. The number of hydrogen-bond donors (Lipinski definition) is 1. The van der Waals surface area contributed by atoms with Crippen molar-refractivity contribution < 1.29 is 18.0 Å². The van der Waals surface area contributed by atoms with Gasteiger partial charge in [0.1, 0.15) is 12.6 Å². The van der Waals surface area contributed by atoms with Gasteiger partial charge in [-0.25, -0.2) is 8.42 Å². The first-order valence-corrected chi connectivity index (χ1v) is 16.5. The van der Waals surface area contributed by atoms with E-state index in [4.69, 9.17) is 0 Å². The van der Waals surface area contributed by atoms with Crippen molar-refractivity contribution in [3.8, 4) is 0 Å². The molecular weight excluding hydrogens is 582 g/mol. The number of benzene rings is 4. The van der Waals surface area contributed by atoms with E-state index in [1.807, 2.05) is 108 Å². The predicted octanol–water partition coefficient (Wildman–Crippen LogP) is 6.36. The van der Waals surface area contributed by atoms with E-state index in [2.05, 4.69) is 5.32 Å². The molecule has 0 aliphatic heterocycles. The van der Waals surface area contributed by atoms with Crippen molar-refractivity contribution in [3.05, 3.63) is 131 Å². The van der Waals surface area contributed by atoms with Crippen molar-refractivity contribution in [2.24, 2.45) is 0 Å². The number of aryl methyl sites for hydroxylation is 3. The van der Waals surface area contributed by atoms with Crippen molar-refractivity contribution in [2.75, 3.05) is 10.8 Å². The van der Waals surface area contributed by atoms with Gasteiger partial charge in [-0.1, -0.05) is 96.1 Å². The Morgan fingerprint density at radius 1 is 0.756 bits per heavy atom. The number of nitrogens with zero attached hydrogens (tertiary/aromatic N) is 2. The van der Waals surface area contributed by atoms with Crippen LogP contribution in [0.25, 0.3) is 0 Å². The zero-order chi connectivity index (χ0) is 32.8. The zero-order valence-electron chi connectivity index (χ0n) is 26.9. The van der Waals surface area contributed by atoms with Gasteiger partial charge in [-0.2, -0.15) is 0 Å². The fraction of sp³-hybridized carbons (Fsp3) is 0.297. The number of carbonyl (C=O) groups excluding carboxylic acids is 2. The fourth-order valence-electron chi connectivity index (χ4n) is 5.22. The molecule has 1 atom stereocenters. The quantitative estimate of drug-likeness (QED) is 0.210. The van der Waals surface area contributed by atoms with Gasteiger partial charge in [-0.05, 0) is 76.4 Å². The molecule has 0 aliphatic rings. The maximum absolute atomic E-state index is 14.6. The zero-order valence-corrected chi connectivity index (χ0v) is 27.8. The van der Waals surface area contributed by atoms with Gasteiger partial charge in [-0.15, -0.1) is 0 Å². The summed E-state index contributed by atoms with van der Waals surface area (Å²) in [4.78, 5) is 30.2. The van der Waals surface area contributed by atoms with Crippen LogP contribution in [0.3, 0.4) is 0 Å². The molecule has 1 N–H and O–H groups in total. The SMILES string of the molecule is Cc1ccc(CN(C(=O)CN(c2ccc(C)cc2C)S(=O)(=O)c2ccccc2)[C@@H](Cc2ccccc2)C(=O)NC(C)(C)C)cc1. The maximum atomic E-state index is 14.6. The van der Waals surface area contributed by atoms with Crippen LogP contribution in [0.4, 0.5) is 5.69 Å². The topological polar surface area (TPSA) is 86.8 Å². The molecule has 0 radical (unpaired) electrons. The van der Waals surface area contributed by atoms with Crippen LogP contribution in [-0.4, -0.2) is 43.3 Å². The highest BCUT2D eigenvalue weighted by Crippen LogP contribution is 2.28. The molecule has 0 aliphatic carbocycles. The molecule has 0 spiro atoms. The van der Waals surface area contributed by atoms with E-state index in [1.54, 1.807) is 24.3 Å². The van der Waals surface area contributed by atoms with E-state index in [9.17, 15) is 18.0 Å². The highest BCUT2D eigenvalue weighted by atomic mass is 32.2. The van der Waals surface area contributed by atoms with Gasteiger partial charge >= 0.3 is 0 Å². The number of anilines is 1. The van der Waals surface area contributed by atoms with Crippen LogP contribution in [0, 0.1) is 20.8 Å². The van der Waals surface area contributed by atoms with Crippen LogP contribution >= 0.6 is 0 Å². The average Bonchev–Trinajstić information content (AvgIpc) is 2.99. The molecule has 0 unspecified atom stereocenters. The summed E-state index contributed by atoms with van der Waals surface area (Å²) in [5.74, 6) is -0.796. The lowest BCUT2D eigenvalue weighted by molar-refractivity contribution is -0.140. The van der Waals surface area contributed by atoms with Crippen molar-refractivity contribution >= 4 is 27.5 Å². The molecule has 45 heavy (non-hydrogen) atoms. The van der Waals surface area contributed by atoms with Gasteiger partial charge in [-0.3, -0.25) is 13.9 Å². The third kappa shape index (κ3) is 8.82. The standard InChI is InChI=1S/C37H43N3O4S/c1-27-17-20-31(21-18-27)25-39(34(36(42)38-37(4,5)6)24-30-13-9-7-10-14-30)35(41)26-40(33-22-19-28(2)23-29(33)3)45(43,44)32-15-11-8-12-16-32/h7-23,34H,24-26H2,1-6H3,(H,38,42)/t34-/m0/s1. The van der Waals surface area contributed by atoms with Crippen molar-refractivity contribution in [3.63, 3.8) is 0 Å². The molecule has 4 aromatic carbocycles. The summed E-state index contributed by atoms with van der Waals surface area (Å²) < 4.78 is 29.5. The minimum atomic E-state index is -4.14. The Morgan fingerprint density at radius 2 is 1.33 bits per heavy atom. The van der Waals surface area contributed by atoms with E-state index in [0.29, 0.717) is 5.69 Å². The van der Waals surface area contributed by atoms with Crippen LogP contribution < -0.4 is 9.62 Å². The lowest BCUT2D eigenvalue weighted by atomic mass is 10.0. The molecule has 0 aromatic heterocycles. The minimum Gasteiger partial charge on any atom is -0.350 e. The lowest BCUT2D eigenvalue weighted by Crippen LogP contribution is -2.56. The number of hydrogen-bond acceptors (Lipinski definition) is 4. The highest BCUT2D eigenvalue weighted by Gasteiger charge is 2.36. The Balaban J connectivity index is 1.83. The average molecular weight is 626 g/mol. The number of rotatable bonds is 11. The Labute approximate surface area is 268 Å². The smallest absolute Gasteiger partial charge is 0.264 e. The summed E-state index contributed by atoms with van der Waals surface area (Å²) >= 11 is 0. The van der Waals surface area contributed by atoms with Crippen LogP contribution in [0.15, 0.2) is 108 Å². The van der Waals surface area contributed by atoms with Gasteiger partial charge in [0.25, 0.3) is 10.0 Å². The van der Waals surface area contributed by atoms with Gasteiger partial charge in [0, 0.05) is 18.5 Å². The van der Waals surface area contributed by atoms with Crippen molar-refractivity contribution in [1.82, 2.24) is 10.2 Å². The first-order valence-electron chi connectivity index (χ1n) is 15.1. The second-order valence-electron chi connectivity index (χ2n) is 12.6. The van der Waals surface area contributed by atoms with Crippen LogP contribution in [0.1, 0.15) is 48.6 Å². The monoisotopic (exact) mass is 625 g/mol. The van der Waals surface area contributed by atoms with Crippen molar-refractivity contribution in [1.29, 1.82) is 0 Å². The molecule has 4 rings (SSSR count). The Hall–Kier alpha value is -4.43. The highest BCUT2D eigenvalue weighted by molar-refractivity contribution is 7.92. The Kier molecular flexibility index (Phi) is 10.5. The maximum Gasteiger partial charge on any atom is 0.264 e. The van der Waals surface area contributed by atoms with E-state index in [1.165, 1.54) is 21.3 Å². The molecule has 236 valence electrons. The summed E-state index contributed by atoms with van der Waals surface area (Å²) in [6, 6.07) is 30.0. The van der Waals surface area contributed by atoms with Crippen LogP contribution in [0.5, 0.6) is 0 Å². The summed E-state index contributed by atoms with van der Waals surface area (Å²) in [5.41, 5.74) is 4.34. The molecule has 4 aromatic rings. The minimum absolute atomic E-state index is 0.0779. The van der Waals surface area contributed by atoms with E-state index < -0.39 is 34.1 Å². The van der Waals surface area contributed by atoms with Gasteiger partial charge in [0.05, 0.1) is 10.6 Å². The number of carbonyl (C=O) groups is 2. The molecule has 0 fully saturated rings. The van der Waals surface area contributed by atoms with Gasteiger partial charge < -0.3 is 10.2 Å².